The van der Waals surface area contributed by atoms with Crippen LogP contribution in [0, 0.1) is 0 Å². The second-order valence-electron chi connectivity index (χ2n) is 5.08. The van der Waals surface area contributed by atoms with E-state index < -0.39 is 21.5 Å². The Morgan fingerprint density at radius 3 is 2.50 bits per heavy atom. The molecule has 1 saturated carbocycles. The van der Waals surface area contributed by atoms with Crippen LogP contribution in [0.25, 0.3) is 0 Å². The summed E-state index contributed by atoms with van der Waals surface area (Å²) in [6, 6.07) is 4.13. The number of rotatable bonds is 5. The first kappa shape index (κ1) is 15.4. The maximum absolute atomic E-state index is 12.2. The summed E-state index contributed by atoms with van der Waals surface area (Å²) in [6.45, 7) is 0.188. The lowest BCUT2D eigenvalue weighted by Gasteiger charge is -2.38. The molecule has 0 aliphatic heterocycles. The van der Waals surface area contributed by atoms with E-state index in [0.29, 0.717) is 4.47 Å². The highest BCUT2D eigenvalue weighted by Crippen LogP contribution is 2.28. The molecule has 0 saturated heterocycles. The number of nitrogens with one attached hydrogen (secondary N) is 1. The maximum atomic E-state index is 12.2. The third kappa shape index (κ3) is 3.38. The van der Waals surface area contributed by atoms with Gasteiger partial charge in [0, 0.05) is 22.1 Å². The Hall–Kier alpha value is -0.960. The van der Waals surface area contributed by atoms with Crippen LogP contribution in [0.3, 0.4) is 0 Å². The highest BCUT2D eigenvalue weighted by molar-refractivity contribution is 9.10. The van der Waals surface area contributed by atoms with Gasteiger partial charge in [0.1, 0.15) is 0 Å². The number of hydrogen-bond acceptors (Lipinski definition) is 4. The molecule has 0 heterocycles. The Morgan fingerprint density at radius 2 is 2.00 bits per heavy atom. The number of benzene rings is 1. The van der Waals surface area contributed by atoms with Crippen molar-refractivity contribution < 1.29 is 13.2 Å². The van der Waals surface area contributed by atoms with Gasteiger partial charge in [-0.15, -0.1) is 0 Å². The normalized spacial score (nSPS) is 17.5. The standard InChI is InChI=1S/C12H16BrN3O3S/c13-9-4-8(11(14)17)5-10(6-9)20(18,19)16-7-12(15)2-1-3-12/h4-6,16H,1-3,7,15H2,(H2,14,17). The third-order valence-corrected chi connectivity index (χ3v) is 5.27. The minimum Gasteiger partial charge on any atom is -0.366 e. The van der Waals surface area contributed by atoms with Gasteiger partial charge in [-0.05, 0) is 37.5 Å². The van der Waals surface area contributed by atoms with Crippen LogP contribution in [-0.4, -0.2) is 26.4 Å². The first-order valence-corrected chi connectivity index (χ1v) is 8.38. The first-order valence-electron chi connectivity index (χ1n) is 6.11. The van der Waals surface area contributed by atoms with E-state index >= 15 is 0 Å². The summed E-state index contributed by atoms with van der Waals surface area (Å²) in [5, 5.41) is 0. The van der Waals surface area contributed by atoms with Crippen molar-refractivity contribution in [1.29, 1.82) is 0 Å². The summed E-state index contributed by atoms with van der Waals surface area (Å²) < 4.78 is 27.4. The van der Waals surface area contributed by atoms with Crippen molar-refractivity contribution in [2.75, 3.05) is 6.54 Å². The molecular weight excluding hydrogens is 346 g/mol. The van der Waals surface area contributed by atoms with Gasteiger partial charge in [0.05, 0.1) is 4.90 Å². The molecule has 1 fully saturated rings. The lowest BCUT2D eigenvalue weighted by atomic mass is 9.78. The molecule has 1 aliphatic carbocycles. The van der Waals surface area contributed by atoms with Crippen LogP contribution in [0.5, 0.6) is 0 Å². The van der Waals surface area contributed by atoms with Crippen LogP contribution < -0.4 is 16.2 Å². The number of nitrogens with two attached hydrogens (primary N) is 2. The molecule has 1 amide bonds. The fourth-order valence-corrected chi connectivity index (χ4v) is 3.84. The van der Waals surface area contributed by atoms with Crippen LogP contribution >= 0.6 is 15.9 Å². The molecule has 8 heteroatoms. The quantitative estimate of drug-likeness (QED) is 0.715. The summed E-state index contributed by atoms with van der Waals surface area (Å²) >= 11 is 3.16. The van der Waals surface area contributed by atoms with E-state index in [1.165, 1.54) is 18.2 Å². The summed E-state index contributed by atoms with van der Waals surface area (Å²) in [5.74, 6) is -0.683. The summed E-state index contributed by atoms with van der Waals surface area (Å²) in [6.07, 6.45) is 2.63. The monoisotopic (exact) mass is 361 g/mol. The van der Waals surface area contributed by atoms with Crippen LogP contribution in [0.4, 0.5) is 0 Å². The zero-order valence-electron chi connectivity index (χ0n) is 10.7. The lowest BCUT2D eigenvalue weighted by molar-refractivity contribution is 0.1000. The first-order chi connectivity index (χ1) is 9.22. The average molecular weight is 362 g/mol. The van der Waals surface area contributed by atoms with Crippen molar-refractivity contribution in [2.45, 2.75) is 29.7 Å². The smallest absolute Gasteiger partial charge is 0.248 e. The summed E-state index contributed by atoms with van der Waals surface area (Å²) in [7, 11) is -3.72. The van der Waals surface area contributed by atoms with E-state index in [-0.39, 0.29) is 17.0 Å². The van der Waals surface area contributed by atoms with Crippen molar-refractivity contribution in [1.82, 2.24) is 4.72 Å². The molecule has 0 unspecified atom stereocenters. The van der Waals surface area contributed by atoms with Crippen molar-refractivity contribution >= 4 is 31.9 Å². The highest BCUT2D eigenvalue weighted by atomic mass is 79.9. The number of amides is 1. The Balaban J connectivity index is 2.22. The van der Waals surface area contributed by atoms with Crippen LogP contribution in [0.2, 0.25) is 0 Å². The topological polar surface area (TPSA) is 115 Å². The van der Waals surface area contributed by atoms with Crippen molar-refractivity contribution in [3.8, 4) is 0 Å². The molecule has 0 atom stereocenters. The van der Waals surface area contributed by atoms with E-state index in [2.05, 4.69) is 20.7 Å². The number of sulfonamides is 1. The Labute approximate surface area is 126 Å². The molecule has 5 N–H and O–H groups in total. The molecule has 20 heavy (non-hydrogen) atoms. The molecule has 1 aromatic carbocycles. The predicted octanol–water partition coefficient (Wildman–Crippen LogP) is 0.708. The van der Waals surface area contributed by atoms with E-state index in [1.807, 2.05) is 0 Å². The second-order valence-corrected chi connectivity index (χ2v) is 7.76. The number of primary amides is 1. The van der Waals surface area contributed by atoms with Gasteiger partial charge in [0.2, 0.25) is 15.9 Å². The highest BCUT2D eigenvalue weighted by Gasteiger charge is 2.33. The van der Waals surface area contributed by atoms with Gasteiger partial charge in [-0.1, -0.05) is 15.9 Å². The van der Waals surface area contributed by atoms with Gasteiger partial charge in [-0.3, -0.25) is 4.79 Å². The van der Waals surface area contributed by atoms with Crippen molar-refractivity contribution in [2.24, 2.45) is 11.5 Å². The fourth-order valence-electron chi connectivity index (χ4n) is 1.99. The van der Waals surface area contributed by atoms with Crippen molar-refractivity contribution in [3.63, 3.8) is 0 Å². The third-order valence-electron chi connectivity index (χ3n) is 3.43. The van der Waals surface area contributed by atoms with Gasteiger partial charge in [0.25, 0.3) is 0 Å². The molecule has 2 rings (SSSR count). The summed E-state index contributed by atoms with van der Waals surface area (Å²) in [4.78, 5) is 11.2. The van der Waals surface area contributed by atoms with E-state index in [9.17, 15) is 13.2 Å². The SMILES string of the molecule is NC(=O)c1cc(Br)cc(S(=O)(=O)NCC2(N)CCC2)c1. The molecule has 0 radical (unpaired) electrons. The molecule has 6 nitrogen and oxygen atoms in total. The van der Waals surface area contributed by atoms with Crippen LogP contribution in [-0.2, 0) is 10.0 Å². The zero-order valence-corrected chi connectivity index (χ0v) is 13.1. The molecule has 0 spiro atoms. The Morgan fingerprint density at radius 1 is 1.35 bits per heavy atom. The summed E-state index contributed by atoms with van der Waals surface area (Å²) in [5.41, 5.74) is 10.8. The molecule has 0 bridgehead atoms. The maximum Gasteiger partial charge on any atom is 0.248 e. The number of halogens is 1. The fraction of sp³-hybridized carbons (Fsp3) is 0.417. The van der Waals surface area contributed by atoms with Crippen molar-refractivity contribution in [3.05, 3.63) is 28.2 Å². The Kier molecular flexibility index (Phi) is 4.19. The largest absolute Gasteiger partial charge is 0.366 e. The minimum atomic E-state index is -3.72. The zero-order chi connectivity index (χ0) is 15.0. The number of hydrogen-bond donors (Lipinski definition) is 3. The molecule has 1 aliphatic rings. The van der Waals surface area contributed by atoms with E-state index in [4.69, 9.17) is 11.5 Å². The van der Waals surface area contributed by atoms with Gasteiger partial charge in [-0.25, -0.2) is 13.1 Å². The number of carbonyl (C=O) groups excluding carboxylic acids is 1. The van der Waals surface area contributed by atoms with Crippen LogP contribution in [0.15, 0.2) is 27.6 Å². The van der Waals surface area contributed by atoms with Gasteiger partial charge in [-0.2, -0.15) is 0 Å². The van der Waals surface area contributed by atoms with Crippen LogP contribution in [0.1, 0.15) is 29.6 Å². The van der Waals surface area contributed by atoms with Gasteiger partial charge < -0.3 is 11.5 Å². The van der Waals surface area contributed by atoms with E-state index in [1.54, 1.807) is 0 Å². The van der Waals surface area contributed by atoms with Gasteiger partial charge in [0.15, 0.2) is 0 Å². The molecule has 110 valence electrons. The Bertz CT molecular complexity index is 641. The lowest BCUT2D eigenvalue weighted by Crippen LogP contribution is -2.54. The minimum absolute atomic E-state index is 0.0106. The molecular formula is C12H16BrN3O3S. The van der Waals surface area contributed by atoms with E-state index in [0.717, 1.165) is 19.3 Å². The second kappa shape index (κ2) is 5.44. The average Bonchev–Trinajstić information content (AvgIpc) is 2.33. The number of carbonyl (C=O) groups is 1. The molecule has 1 aromatic rings. The predicted molar refractivity (Wildman–Crippen MR) is 78.6 cm³/mol. The molecule has 0 aromatic heterocycles. The van der Waals surface area contributed by atoms with Gasteiger partial charge >= 0.3 is 0 Å².